The van der Waals surface area contributed by atoms with E-state index in [1.807, 2.05) is 29.7 Å². The van der Waals surface area contributed by atoms with Gasteiger partial charge in [-0.05, 0) is 35.2 Å². The summed E-state index contributed by atoms with van der Waals surface area (Å²) in [4.78, 5) is 27.2. The number of nitrogens with zero attached hydrogens (tertiary/aromatic N) is 3. The number of hydroxylamine groups is 1. The Kier molecular flexibility index (Phi) is 6.22. The first-order valence-electron chi connectivity index (χ1n) is 11.6. The number of carbonyl (C=O) groups excluding carboxylic acids is 1. The van der Waals surface area contributed by atoms with Crippen molar-refractivity contribution in [1.29, 1.82) is 0 Å². The number of aromatic nitrogens is 1. The third-order valence-electron chi connectivity index (χ3n) is 6.99. The Morgan fingerprint density at radius 3 is 2.74 bits per heavy atom. The molecule has 0 aliphatic carbocycles. The molecular weight excluding hydrogens is 457 g/mol. The first-order valence-corrected chi connectivity index (χ1v) is 12.5. The number of pyridine rings is 1. The molecule has 3 aliphatic heterocycles. The highest BCUT2D eigenvalue weighted by Crippen LogP contribution is 2.43. The summed E-state index contributed by atoms with van der Waals surface area (Å²) in [7, 11) is 1.58. The maximum atomic E-state index is 15.8. The highest BCUT2D eigenvalue weighted by Gasteiger charge is 2.47. The minimum Gasteiger partial charge on any atom is -0.481 e. The lowest BCUT2D eigenvalue weighted by atomic mass is 9.86. The zero-order chi connectivity index (χ0) is 23.8. The molecule has 182 valence electrons. The van der Waals surface area contributed by atoms with Crippen molar-refractivity contribution in [2.24, 2.45) is 0 Å². The summed E-state index contributed by atoms with van der Waals surface area (Å²) in [5.41, 5.74) is 8.30. The summed E-state index contributed by atoms with van der Waals surface area (Å²) in [6.45, 7) is 2.65. The average Bonchev–Trinajstić information content (AvgIpc) is 3.29. The molecule has 1 amide bonds. The molecule has 5 heterocycles. The molecule has 0 aromatic carbocycles. The summed E-state index contributed by atoms with van der Waals surface area (Å²) >= 11 is 1.58. The number of halogens is 1. The van der Waals surface area contributed by atoms with Gasteiger partial charge in [0.25, 0.3) is 5.91 Å². The van der Waals surface area contributed by atoms with Crippen molar-refractivity contribution < 1.29 is 18.8 Å². The molecule has 5 rings (SSSR count). The first kappa shape index (κ1) is 23.1. The number of nitrogens with two attached hydrogens (primary N) is 1. The maximum Gasteiger partial charge on any atom is 0.260 e. The second kappa shape index (κ2) is 9.16. The number of ether oxygens (including phenoxy) is 1. The van der Waals surface area contributed by atoms with Crippen LogP contribution < -0.4 is 16.0 Å². The van der Waals surface area contributed by atoms with E-state index in [0.29, 0.717) is 51.4 Å². The number of amides is 1. The molecule has 0 bridgehead atoms. The van der Waals surface area contributed by atoms with E-state index in [-0.39, 0.29) is 18.7 Å². The van der Waals surface area contributed by atoms with Crippen LogP contribution in [0.15, 0.2) is 35.9 Å². The molecule has 1 spiro atoms. The molecule has 3 aliphatic rings. The minimum atomic E-state index is -1.81. The number of anilines is 1. The van der Waals surface area contributed by atoms with Gasteiger partial charge in [0.05, 0.1) is 17.7 Å². The van der Waals surface area contributed by atoms with Gasteiger partial charge in [0.15, 0.2) is 5.67 Å². The number of piperidine rings is 2. The highest BCUT2D eigenvalue weighted by molar-refractivity contribution is 7.11. The molecule has 0 saturated carbocycles. The molecule has 3 N–H and O–H groups in total. The van der Waals surface area contributed by atoms with Gasteiger partial charge in [-0.1, -0.05) is 0 Å². The molecule has 0 unspecified atom stereocenters. The van der Waals surface area contributed by atoms with Gasteiger partial charge < -0.3 is 15.4 Å². The van der Waals surface area contributed by atoms with Crippen LogP contribution in [-0.4, -0.2) is 65.2 Å². The molecule has 8 nitrogen and oxygen atoms in total. The van der Waals surface area contributed by atoms with E-state index in [0.717, 1.165) is 21.9 Å². The Morgan fingerprint density at radius 1 is 1.26 bits per heavy atom. The monoisotopic (exact) mass is 487 g/mol. The second-order valence-electron chi connectivity index (χ2n) is 9.27. The van der Waals surface area contributed by atoms with Gasteiger partial charge in [-0.3, -0.25) is 20.0 Å². The van der Waals surface area contributed by atoms with Gasteiger partial charge in [-0.25, -0.2) is 9.37 Å². The van der Waals surface area contributed by atoms with E-state index < -0.39 is 11.3 Å². The Morgan fingerprint density at radius 2 is 2.03 bits per heavy atom. The van der Waals surface area contributed by atoms with Crippen molar-refractivity contribution in [2.45, 2.75) is 43.5 Å². The SMILES string of the molecule is CONC1=CC2(CCN(C(=O)C3(F)CCN(Cc4ccnc(N)c4)CC3)CC2)Oc2ccsc21. The van der Waals surface area contributed by atoms with Crippen molar-refractivity contribution in [3.05, 3.63) is 46.3 Å². The van der Waals surface area contributed by atoms with Crippen LogP contribution in [0.3, 0.4) is 0 Å². The molecular formula is C24H30FN5O3S. The molecule has 34 heavy (non-hydrogen) atoms. The van der Waals surface area contributed by atoms with Crippen LogP contribution in [0.25, 0.3) is 5.70 Å². The summed E-state index contributed by atoms with van der Waals surface area (Å²) in [5, 5.41) is 1.98. The fraction of sp³-hybridized carbons (Fsp3) is 0.500. The zero-order valence-corrected chi connectivity index (χ0v) is 20.1. The summed E-state index contributed by atoms with van der Waals surface area (Å²) < 4.78 is 22.1. The summed E-state index contributed by atoms with van der Waals surface area (Å²) in [6, 6.07) is 5.70. The third kappa shape index (κ3) is 4.49. The molecule has 2 saturated heterocycles. The summed E-state index contributed by atoms with van der Waals surface area (Å²) in [5.74, 6) is 0.906. The van der Waals surface area contributed by atoms with E-state index in [9.17, 15) is 4.79 Å². The number of nitrogens with one attached hydrogen (secondary N) is 1. The van der Waals surface area contributed by atoms with Crippen LogP contribution in [0.5, 0.6) is 5.75 Å². The quantitative estimate of drug-likeness (QED) is 0.627. The Bertz CT molecular complexity index is 1070. The number of likely N-dealkylation sites (tertiary alicyclic amines) is 2. The van der Waals surface area contributed by atoms with Crippen LogP contribution in [0.1, 0.15) is 36.1 Å². The van der Waals surface area contributed by atoms with E-state index in [1.54, 1.807) is 29.5 Å². The van der Waals surface area contributed by atoms with Crippen molar-refractivity contribution in [2.75, 3.05) is 39.0 Å². The van der Waals surface area contributed by atoms with Crippen molar-refractivity contribution >= 4 is 28.8 Å². The number of fused-ring (bicyclic) bond motifs is 1. The molecule has 0 atom stereocenters. The van der Waals surface area contributed by atoms with E-state index in [1.165, 1.54) is 0 Å². The lowest BCUT2D eigenvalue weighted by Gasteiger charge is -2.44. The van der Waals surface area contributed by atoms with Gasteiger partial charge in [-0.15, -0.1) is 11.3 Å². The molecule has 2 fully saturated rings. The number of carbonyl (C=O) groups is 1. The smallest absolute Gasteiger partial charge is 0.260 e. The van der Waals surface area contributed by atoms with Gasteiger partial charge >= 0.3 is 0 Å². The molecule has 0 radical (unpaired) electrons. The lowest BCUT2D eigenvalue weighted by Crippen LogP contribution is -2.56. The molecule has 2 aromatic heterocycles. The van der Waals surface area contributed by atoms with Gasteiger partial charge in [0.1, 0.15) is 17.2 Å². The van der Waals surface area contributed by atoms with Crippen LogP contribution >= 0.6 is 11.3 Å². The lowest BCUT2D eigenvalue weighted by molar-refractivity contribution is -0.150. The largest absolute Gasteiger partial charge is 0.481 e. The Labute approximate surface area is 202 Å². The number of hydrogen-bond donors (Lipinski definition) is 2. The van der Waals surface area contributed by atoms with Crippen LogP contribution in [0, 0.1) is 0 Å². The Balaban J connectivity index is 1.19. The minimum absolute atomic E-state index is 0.199. The second-order valence-corrected chi connectivity index (χ2v) is 10.2. The Hall–Kier alpha value is -2.69. The predicted molar refractivity (Wildman–Crippen MR) is 129 cm³/mol. The number of hydrogen-bond acceptors (Lipinski definition) is 8. The highest BCUT2D eigenvalue weighted by atomic mass is 32.1. The normalized spacial score (nSPS) is 21.5. The number of thiophene rings is 1. The standard InChI is InChI=1S/C24H30FN5O3S/c1-32-28-18-15-23(33-19-3-13-34-21(18)19)4-11-30(12-5-23)22(31)24(25)6-9-29(10-7-24)16-17-2-8-27-20(26)14-17/h2-3,8,13-15,28H,4-7,9-12,16H2,1H3,(H2,26,27). The van der Waals surface area contributed by atoms with Gasteiger partial charge in [0, 0.05) is 64.6 Å². The number of rotatable bonds is 5. The molecule has 10 heteroatoms. The zero-order valence-electron chi connectivity index (χ0n) is 19.3. The van der Waals surface area contributed by atoms with Crippen molar-refractivity contribution in [1.82, 2.24) is 20.3 Å². The fourth-order valence-corrected chi connectivity index (χ4v) is 5.87. The van der Waals surface area contributed by atoms with Crippen LogP contribution in [-0.2, 0) is 16.2 Å². The molecule has 2 aromatic rings. The van der Waals surface area contributed by atoms with E-state index in [4.69, 9.17) is 15.3 Å². The number of alkyl halides is 1. The average molecular weight is 488 g/mol. The van der Waals surface area contributed by atoms with Crippen molar-refractivity contribution in [3.63, 3.8) is 0 Å². The van der Waals surface area contributed by atoms with Crippen LogP contribution in [0.2, 0.25) is 0 Å². The third-order valence-corrected chi connectivity index (χ3v) is 7.92. The number of nitrogen functional groups attached to an aromatic ring is 1. The van der Waals surface area contributed by atoms with Crippen LogP contribution in [0.4, 0.5) is 10.2 Å². The van der Waals surface area contributed by atoms with E-state index >= 15 is 4.39 Å². The maximum absolute atomic E-state index is 15.8. The van der Waals surface area contributed by atoms with E-state index in [2.05, 4.69) is 15.4 Å². The topological polar surface area (TPSA) is 93.0 Å². The summed E-state index contributed by atoms with van der Waals surface area (Å²) in [6.07, 6.45) is 5.34. The predicted octanol–water partition coefficient (Wildman–Crippen LogP) is 2.98. The first-order chi connectivity index (χ1) is 16.4. The van der Waals surface area contributed by atoms with Gasteiger partial charge in [0.2, 0.25) is 0 Å². The fourth-order valence-electron chi connectivity index (χ4n) is 5.09. The van der Waals surface area contributed by atoms with Crippen molar-refractivity contribution in [3.8, 4) is 5.75 Å². The van der Waals surface area contributed by atoms with Gasteiger partial charge in [-0.2, -0.15) is 0 Å².